The average molecular weight is 258 g/mol. The van der Waals surface area contributed by atoms with Crippen molar-refractivity contribution in [2.75, 3.05) is 20.2 Å². The van der Waals surface area contributed by atoms with Gasteiger partial charge in [0.05, 0.1) is 6.04 Å². The second-order valence-corrected chi connectivity index (χ2v) is 3.96. The van der Waals surface area contributed by atoms with Crippen LogP contribution in [0.3, 0.4) is 0 Å². The third-order valence-electron chi connectivity index (χ3n) is 2.40. The smallest absolute Gasteiger partial charge is 0.409 e. The van der Waals surface area contributed by atoms with E-state index in [1.807, 2.05) is 18.9 Å². The summed E-state index contributed by atoms with van der Waals surface area (Å²) in [4.78, 5) is 24.2. The maximum Gasteiger partial charge on any atom is 0.409 e. The van der Waals surface area contributed by atoms with Gasteiger partial charge < -0.3 is 14.8 Å². The third-order valence-corrected chi connectivity index (χ3v) is 2.40. The van der Waals surface area contributed by atoms with Crippen LogP contribution in [0.2, 0.25) is 0 Å². The minimum atomic E-state index is -0.537. The summed E-state index contributed by atoms with van der Waals surface area (Å²) < 4.78 is 9.91. The van der Waals surface area contributed by atoms with Crippen LogP contribution in [0.15, 0.2) is 12.7 Å². The molecule has 0 heterocycles. The molecule has 1 amide bonds. The molecule has 18 heavy (non-hydrogen) atoms. The van der Waals surface area contributed by atoms with Crippen molar-refractivity contribution in [3.8, 4) is 0 Å². The van der Waals surface area contributed by atoms with Gasteiger partial charge in [-0.15, -0.1) is 0 Å². The maximum atomic E-state index is 11.5. The highest BCUT2D eigenvalue weighted by Gasteiger charge is 2.15. The lowest BCUT2D eigenvalue weighted by atomic mass is 10.4. The summed E-state index contributed by atoms with van der Waals surface area (Å²) in [6.45, 7) is 9.60. The van der Waals surface area contributed by atoms with Gasteiger partial charge in [-0.1, -0.05) is 13.5 Å². The zero-order valence-corrected chi connectivity index (χ0v) is 11.4. The van der Waals surface area contributed by atoms with E-state index in [0.29, 0.717) is 0 Å². The first-order chi connectivity index (χ1) is 8.40. The van der Waals surface area contributed by atoms with Gasteiger partial charge in [-0.2, -0.15) is 0 Å². The number of hydrogen-bond acceptors (Lipinski definition) is 5. The predicted octanol–water partition coefficient (Wildman–Crippen LogP) is 1.13. The number of nitrogens with one attached hydrogen (secondary N) is 1. The van der Waals surface area contributed by atoms with Crippen LogP contribution in [0.1, 0.15) is 20.8 Å². The molecule has 0 aromatic heterocycles. The van der Waals surface area contributed by atoms with Crippen LogP contribution >= 0.6 is 0 Å². The van der Waals surface area contributed by atoms with Crippen LogP contribution in [0.25, 0.3) is 0 Å². The van der Waals surface area contributed by atoms with E-state index in [2.05, 4.69) is 11.9 Å². The molecule has 0 bridgehead atoms. The van der Waals surface area contributed by atoms with E-state index in [9.17, 15) is 9.59 Å². The highest BCUT2D eigenvalue weighted by molar-refractivity contribution is 5.81. The SMILES string of the molecule is C=CC(=O)OCC(C)NC(=O)OC(C)N(C)CC. The second-order valence-electron chi connectivity index (χ2n) is 3.96. The number of carbonyl (C=O) groups is 2. The molecule has 0 aliphatic carbocycles. The lowest BCUT2D eigenvalue weighted by Crippen LogP contribution is -2.41. The molecule has 0 aromatic carbocycles. The van der Waals surface area contributed by atoms with Gasteiger partial charge in [-0.25, -0.2) is 9.59 Å². The van der Waals surface area contributed by atoms with Crippen molar-refractivity contribution in [3.63, 3.8) is 0 Å². The molecule has 6 heteroatoms. The fourth-order valence-corrected chi connectivity index (χ4v) is 1.04. The number of esters is 1. The molecular formula is C12H22N2O4. The Hall–Kier alpha value is -1.56. The topological polar surface area (TPSA) is 67.9 Å². The Balaban J connectivity index is 3.93. The van der Waals surface area contributed by atoms with Crippen LogP contribution in [-0.4, -0.2) is 49.4 Å². The van der Waals surface area contributed by atoms with Crippen molar-refractivity contribution in [1.29, 1.82) is 0 Å². The number of alkyl carbamates (subject to hydrolysis) is 1. The molecule has 0 aliphatic rings. The van der Waals surface area contributed by atoms with Crippen molar-refractivity contribution >= 4 is 12.1 Å². The molecule has 1 N–H and O–H groups in total. The molecule has 0 saturated heterocycles. The summed E-state index contributed by atoms with van der Waals surface area (Å²) in [6.07, 6.45) is 0.228. The van der Waals surface area contributed by atoms with Crippen molar-refractivity contribution in [2.24, 2.45) is 0 Å². The Morgan fingerprint density at radius 3 is 2.56 bits per heavy atom. The van der Waals surface area contributed by atoms with Crippen LogP contribution in [0.5, 0.6) is 0 Å². The number of carbonyl (C=O) groups excluding carboxylic acids is 2. The largest absolute Gasteiger partial charge is 0.460 e. The van der Waals surface area contributed by atoms with E-state index in [-0.39, 0.29) is 18.9 Å². The first-order valence-electron chi connectivity index (χ1n) is 5.87. The van der Waals surface area contributed by atoms with Gasteiger partial charge in [-0.05, 0) is 27.4 Å². The van der Waals surface area contributed by atoms with E-state index in [1.165, 1.54) is 0 Å². The van der Waals surface area contributed by atoms with E-state index < -0.39 is 12.1 Å². The molecule has 0 aromatic rings. The van der Waals surface area contributed by atoms with Gasteiger partial charge in [0.15, 0.2) is 6.23 Å². The minimum Gasteiger partial charge on any atom is -0.460 e. The molecule has 6 nitrogen and oxygen atoms in total. The number of rotatable bonds is 7. The Morgan fingerprint density at radius 1 is 1.44 bits per heavy atom. The highest BCUT2D eigenvalue weighted by atomic mass is 16.6. The quantitative estimate of drug-likeness (QED) is 0.421. The highest BCUT2D eigenvalue weighted by Crippen LogP contribution is 1.98. The number of amides is 1. The van der Waals surface area contributed by atoms with E-state index in [1.54, 1.807) is 13.8 Å². The van der Waals surface area contributed by atoms with E-state index in [4.69, 9.17) is 9.47 Å². The van der Waals surface area contributed by atoms with E-state index in [0.717, 1.165) is 12.6 Å². The van der Waals surface area contributed by atoms with Gasteiger partial charge >= 0.3 is 12.1 Å². The fraction of sp³-hybridized carbons (Fsp3) is 0.667. The first-order valence-corrected chi connectivity index (χ1v) is 5.87. The van der Waals surface area contributed by atoms with Crippen LogP contribution < -0.4 is 5.32 Å². The minimum absolute atomic E-state index is 0.0813. The third kappa shape index (κ3) is 6.90. The standard InChI is InChI=1S/C12H22N2O4/c1-6-11(15)17-8-9(3)13-12(16)18-10(4)14(5)7-2/h6,9-10H,1,7-8H2,2-5H3,(H,13,16). The molecule has 0 rings (SSSR count). The summed E-state index contributed by atoms with van der Waals surface area (Å²) in [6, 6.07) is -0.319. The zero-order chi connectivity index (χ0) is 14.1. The lowest BCUT2D eigenvalue weighted by Gasteiger charge is -2.23. The number of nitrogens with zero attached hydrogens (tertiary/aromatic N) is 1. The van der Waals surface area contributed by atoms with Gasteiger partial charge in [-0.3, -0.25) is 4.90 Å². The molecule has 2 atom stereocenters. The molecule has 0 fully saturated rings. The molecule has 0 radical (unpaired) electrons. The van der Waals surface area contributed by atoms with Crippen molar-refractivity contribution in [3.05, 3.63) is 12.7 Å². The van der Waals surface area contributed by atoms with Crippen molar-refractivity contribution in [2.45, 2.75) is 33.0 Å². The van der Waals surface area contributed by atoms with Gasteiger partial charge in [0.25, 0.3) is 0 Å². The maximum absolute atomic E-state index is 11.5. The summed E-state index contributed by atoms with van der Waals surface area (Å²) in [5.74, 6) is -0.517. The van der Waals surface area contributed by atoms with Crippen LogP contribution in [-0.2, 0) is 14.3 Å². The van der Waals surface area contributed by atoms with Crippen LogP contribution in [0.4, 0.5) is 4.79 Å². The normalized spacial score (nSPS) is 13.6. The monoisotopic (exact) mass is 258 g/mol. The Bertz CT molecular complexity index is 294. The first kappa shape index (κ1) is 16.4. The zero-order valence-electron chi connectivity index (χ0n) is 11.4. The molecule has 2 unspecified atom stereocenters. The molecule has 0 aliphatic heterocycles. The summed E-state index contributed by atoms with van der Waals surface area (Å²) in [7, 11) is 1.85. The van der Waals surface area contributed by atoms with Crippen LogP contribution in [0, 0.1) is 0 Å². The molecule has 0 saturated carbocycles. The summed E-state index contributed by atoms with van der Waals surface area (Å²) in [5, 5.41) is 2.57. The van der Waals surface area contributed by atoms with Gasteiger partial charge in [0.1, 0.15) is 6.61 Å². The molecule has 0 spiro atoms. The predicted molar refractivity (Wildman–Crippen MR) is 68.0 cm³/mol. The van der Waals surface area contributed by atoms with Gasteiger partial charge in [0.2, 0.25) is 0 Å². The second kappa shape index (κ2) is 8.52. The Kier molecular flexibility index (Phi) is 7.78. The van der Waals surface area contributed by atoms with E-state index >= 15 is 0 Å². The number of ether oxygens (including phenoxy) is 2. The average Bonchev–Trinajstić information content (AvgIpc) is 2.34. The van der Waals surface area contributed by atoms with Crippen molar-refractivity contribution in [1.82, 2.24) is 10.2 Å². The van der Waals surface area contributed by atoms with Crippen molar-refractivity contribution < 1.29 is 19.1 Å². The number of hydrogen-bond donors (Lipinski definition) is 1. The summed E-state index contributed by atoms with van der Waals surface area (Å²) >= 11 is 0. The molecular weight excluding hydrogens is 236 g/mol. The Morgan fingerprint density at radius 2 is 2.06 bits per heavy atom. The fourth-order valence-electron chi connectivity index (χ4n) is 1.04. The lowest BCUT2D eigenvalue weighted by molar-refractivity contribution is -0.138. The molecule has 104 valence electrons. The Labute approximate surface area is 108 Å². The summed E-state index contributed by atoms with van der Waals surface area (Å²) in [5.41, 5.74) is 0. The van der Waals surface area contributed by atoms with Gasteiger partial charge in [0, 0.05) is 6.08 Å².